The standard InChI is InChI=1S/C10H17N3S/c1-7(6-14-3)12-10-5-4-9(11)8(2)13-10/h4-5,7H,6,11H2,1-3H3,(H,12,13). The number of aryl methyl sites for hydroxylation is 1. The topological polar surface area (TPSA) is 50.9 Å². The van der Waals surface area contributed by atoms with Gasteiger partial charge in [0.15, 0.2) is 0 Å². The van der Waals surface area contributed by atoms with Crippen LogP contribution in [0.4, 0.5) is 11.5 Å². The number of hydrogen-bond acceptors (Lipinski definition) is 4. The first-order valence-electron chi connectivity index (χ1n) is 4.62. The molecule has 14 heavy (non-hydrogen) atoms. The van der Waals surface area contributed by atoms with Gasteiger partial charge in [0.2, 0.25) is 0 Å². The zero-order valence-electron chi connectivity index (χ0n) is 8.87. The maximum Gasteiger partial charge on any atom is 0.126 e. The Morgan fingerprint density at radius 2 is 2.29 bits per heavy atom. The van der Waals surface area contributed by atoms with Crippen LogP contribution in [0.1, 0.15) is 12.6 Å². The quantitative estimate of drug-likeness (QED) is 0.801. The summed E-state index contributed by atoms with van der Waals surface area (Å²) in [5.74, 6) is 1.98. The van der Waals surface area contributed by atoms with Gasteiger partial charge in [0.1, 0.15) is 5.82 Å². The first-order chi connectivity index (χ1) is 6.63. The van der Waals surface area contributed by atoms with Crippen LogP contribution < -0.4 is 11.1 Å². The van der Waals surface area contributed by atoms with Crippen molar-refractivity contribution in [2.45, 2.75) is 19.9 Å². The average molecular weight is 211 g/mol. The van der Waals surface area contributed by atoms with Crippen molar-refractivity contribution in [3.8, 4) is 0 Å². The number of anilines is 2. The van der Waals surface area contributed by atoms with E-state index in [2.05, 4.69) is 23.5 Å². The summed E-state index contributed by atoms with van der Waals surface area (Å²) in [6, 6.07) is 4.23. The predicted octanol–water partition coefficient (Wildman–Crippen LogP) is 2.14. The van der Waals surface area contributed by atoms with Crippen LogP contribution in [0.5, 0.6) is 0 Å². The molecule has 0 aliphatic carbocycles. The van der Waals surface area contributed by atoms with Gasteiger partial charge >= 0.3 is 0 Å². The number of hydrogen-bond donors (Lipinski definition) is 2. The molecule has 0 aromatic carbocycles. The summed E-state index contributed by atoms with van der Waals surface area (Å²) in [5, 5.41) is 3.32. The largest absolute Gasteiger partial charge is 0.397 e. The lowest BCUT2D eigenvalue weighted by atomic mass is 10.3. The second kappa shape index (κ2) is 5.10. The molecule has 0 saturated carbocycles. The van der Waals surface area contributed by atoms with Crippen molar-refractivity contribution in [3.63, 3.8) is 0 Å². The lowest BCUT2D eigenvalue weighted by Gasteiger charge is -2.13. The lowest BCUT2D eigenvalue weighted by molar-refractivity contribution is 0.901. The van der Waals surface area contributed by atoms with Crippen molar-refractivity contribution >= 4 is 23.3 Å². The minimum Gasteiger partial charge on any atom is -0.397 e. The molecule has 0 bridgehead atoms. The summed E-state index contributed by atoms with van der Waals surface area (Å²) in [6.07, 6.45) is 2.10. The molecular weight excluding hydrogens is 194 g/mol. The van der Waals surface area contributed by atoms with E-state index in [1.54, 1.807) is 0 Å². The Labute approximate surface area is 89.5 Å². The minimum absolute atomic E-state index is 0.431. The van der Waals surface area contributed by atoms with Gasteiger partial charge in [0.25, 0.3) is 0 Å². The molecule has 1 heterocycles. The average Bonchev–Trinajstić information content (AvgIpc) is 2.12. The fraction of sp³-hybridized carbons (Fsp3) is 0.500. The van der Waals surface area contributed by atoms with Gasteiger partial charge in [-0.2, -0.15) is 11.8 Å². The number of aromatic nitrogens is 1. The molecule has 0 aliphatic rings. The second-order valence-corrected chi connectivity index (χ2v) is 4.28. The third-order valence-electron chi connectivity index (χ3n) is 1.94. The summed E-state index contributed by atoms with van der Waals surface area (Å²) < 4.78 is 0. The SMILES string of the molecule is CSCC(C)Nc1ccc(N)c(C)n1. The number of nitrogens with zero attached hydrogens (tertiary/aromatic N) is 1. The molecule has 0 spiro atoms. The summed E-state index contributed by atoms with van der Waals surface area (Å²) in [4.78, 5) is 4.35. The number of rotatable bonds is 4. The monoisotopic (exact) mass is 211 g/mol. The van der Waals surface area contributed by atoms with E-state index >= 15 is 0 Å². The molecule has 1 aromatic heterocycles. The third kappa shape index (κ3) is 3.10. The molecule has 1 unspecified atom stereocenters. The van der Waals surface area contributed by atoms with Crippen LogP contribution in [0.15, 0.2) is 12.1 Å². The van der Waals surface area contributed by atoms with Crippen molar-refractivity contribution in [2.75, 3.05) is 23.1 Å². The van der Waals surface area contributed by atoms with Gasteiger partial charge in [-0.3, -0.25) is 0 Å². The lowest BCUT2D eigenvalue weighted by Crippen LogP contribution is -2.18. The van der Waals surface area contributed by atoms with Crippen LogP contribution in [-0.2, 0) is 0 Å². The Hall–Kier alpha value is -0.900. The van der Waals surface area contributed by atoms with Crippen LogP contribution in [0.3, 0.4) is 0 Å². The molecule has 78 valence electrons. The molecule has 1 rings (SSSR count). The molecule has 1 aromatic rings. The van der Waals surface area contributed by atoms with E-state index in [9.17, 15) is 0 Å². The predicted molar refractivity (Wildman–Crippen MR) is 64.9 cm³/mol. The molecular formula is C10H17N3S. The van der Waals surface area contributed by atoms with Crippen LogP contribution in [0.25, 0.3) is 0 Å². The van der Waals surface area contributed by atoms with Gasteiger partial charge in [0, 0.05) is 11.8 Å². The van der Waals surface area contributed by atoms with E-state index < -0.39 is 0 Å². The highest BCUT2D eigenvalue weighted by molar-refractivity contribution is 7.98. The van der Waals surface area contributed by atoms with Crippen LogP contribution in [0, 0.1) is 6.92 Å². The number of thioether (sulfide) groups is 1. The molecule has 4 heteroatoms. The number of nitrogens with two attached hydrogens (primary N) is 1. The molecule has 0 fully saturated rings. The van der Waals surface area contributed by atoms with E-state index in [-0.39, 0.29) is 0 Å². The highest BCUT2D eigenvalue weighted by Crippen LogP contribution is 2.13. The van der Waals surface area contributed by atoms with Crippen LogP contribution in [-0.4, -0.2) is 23.0 Å². The highest BCUT2D eigenvalue weighted by Gasteiger charge is 2.02. The van der Waals surface area contributed by atoms with Crippen molar-refractivity contribution in [1.82, 2.24) is 4.98 Å². The van der Waals surface area contributed by atoms with Crippen molar-refractivity contribution in [2.24, 2.45) is 0 Å². The van der Waals surface area contributed by atoms with E-state index in [0.717, 1.165) is 23.0 Å². The Morgan fingerprint density at radius 1 is 1.57 bits per heavy atom. The van der Waals surface area contributed by atoms with E-state index in [4.69, 9.17) is 5.73 Å². The fourth-order valence-corrected chi connectivity index (χ4v) is 1.78. The van der Waals surface area contributed by atoms with E-state index in [1.165, 1.54) is 0 Å². The van der Waals surface area contributed by atoms with E-state index in [1.807, 2.05) is 30.8 Å². The van der Waals surface area contributed by atoms with Gasteiger partial charge in [-0.25, -0.2) is 4.98 Å². The summed E-state index contributed by atoms with van der Waals surface area (Å²) in [7, 11) is 0. The van der Waals surface area contributed by atoms with Gasteiger partial charge in [-0.05, 0) is 32.2 Å². The van der Waals surface area contributed by atoms with Crippen molar-refractivity contribution in [1.29, 1.82) is 0 Å². The van der Waals surface area contributed by atoms with Crippen LogP contribution >= 0.6 is 11.8 Å². The molecule has 1 atom stereocenters. The fourth-order valence-electron chi connectivity index (χ4n) is 1.20. The minimum atomic E-state index is 0.431. The normalized spacial score (nSPS) is 12.5. The van der Waals surface area contributed by atoms with Crippen LogP contribution in [0.2, 0.25) is 0 Å². The van der Waals surface area contributed by atoms with Gasteiger partial charge in [-0.1, -0.05) is 0 Å². The van der Waals surface area contributed by atoms with Crippen molar-refractivity contribution < 1.29 is 0 Å². The Balaban J connectivity index is 2.63. The zero-order valence-corrected chi connectivity index (χ0v) is 9.69. The Kier molecular flexibility index (Phi) is 4.07. The molecule has 3 nitrogen and oxygen atoms in total. The Bertz CT molecular complexity index is 301. The molecule has 3 N–H and O–H groups in total. The maximum absolute atomic E-state index is 5.68. The summed E-state index contributed by atoms with van der Waals surface area (Å²) in [5.41, 5.74) is 7.31. The maximum atomic E-state index is 5.68. The summed E-state index contributed by atoms with van der Waals surface area (Å²) in [6.45, 7) is 4.06. The molecule has 0 amide bonds. The smallest absolute Gasteiger partial charge is 0.126 e. The number of nitrogens with one attached hydrogen (secondary N) is 1. The molecule has 0 saturated heterocycles. The van der Waals surface area contributed by atoms with Gasteiger partial charge in [-0.15, -0.1) is 0 Å². The second-order valence-electron chi connectivity index (χ2n) is 3.37. The first-order valence-corrected chi connectivity index (χ1v) is 6.01. The first kappa shape index (κ1) is 11.2. The third-order valence-corrected chi connectivity index (χ3v) is 2.77. The highest BCUT2D eigenvalue weighted by atomic mass is 32.2. The number of nitrogen functional groups attached to an aromatic ring is 1. The van der Waals surface area contributed by atoms with E-state index in [0.29, 0.717) is 6.04 Å². The summed E-state index contributed by atoms with van der Waals surface area (Å²) >= 11 is 1.82. The molecule has 0 aliphatic heterocycles. The molecule has 0 radical (unpaired) electrons. The van der Waals surface area contributed by atoms with Gasteiger partial charge in [0.05, 0.1) is 11.4 Å². The van der Waals surface area contributed by atoms with Crippen molar-refractivity contribution in [3.05, 3.63) is 17.8 Å². The Morgan fingerprint density at radius 3 is 2.86 bits per heavy atom. The van der Waals surface area contributed by atoms with Gasteiger partial charge < -0.3 is 11.1 Å². The zero-order chi connectivity index (χ0) is 10.6. The number of pyridine rings is 1.